The van der Waals surface area contributed by atoms with Gasteiger partial charge >= 0.3 is 5.97 Å². The van der Waals surface area contributed by atoms with Crippen molar-refractivity contribution in [1.29, 1.82) is 0 Å². The number of carboxylic acid groups (broad SMARTS) is 1. The molecule has 2 aromatic rings. The molecular formula is C26H32F2N2O3. The van der Waals surface area contributed by atoms with Gasteiger partial charge in [0.2, 0.25) is 0 Å². The van der Waals surface area contributed by atoms with E-state index in [9.17, 15) is 9.18 Å². The van der Waals surface area contributed by atoms with E-state index in [1.807, 2.05) is 6.07 Å². The summed E-state index contributed by atoms with van der Waals surface area (Å²) in [5.41, 5.74) is 1.29. The number of halogens is 2. The van der Waals surface area contributed by atoms with Gasteiger partial charge in [0.25, 0.3) is 0 Å². The fourth-order valence-corrected chi connectivity index (χ4v) is 5.41. The van der Waals surface area contributed by atoms with E-state index in [1.165, 1.54) is 17.7 Å². The molecule has 0 aromatic heterocycles. The third-order valence-corrected chi connectivity index (χ3v) is 7.43. The summed E-state index contributed by atoms with van der Waals surface area (Å²) in [6.07, 6.45) is 3.73. The van der Waals surface area contributed by atoms with Crippen LogP contribution in [-0.2, 0) is 16.8 Å². The van der Waals surface area contributed by atoms with Gasteiger partial charge in [-0.1, -0.05) is 30.3 Å². The maximum atomic E-state index is 15.2. The number of hydrogen-bond donors (Lipinski definition) is 2. The highest BCUT2D eigenvalue weighted by Crippen LogP contribution is 2.44. The smallest absolute Gasteiger partial charge is 0.320 e. The largest absolute Gasteiger partial charge is 0.486 e. The van der Waals surface area contributed by atoms with Crippen LogP contribution >= 0.6 is 0 Å². The Morgan fingerprint density at radius 3 is 2.45 bits per heavy atom. The van der Waals surface area contributed by atoms with Gasteiger partial charge < -0.3 is 15.2 Å². The van der Waals surface area contributed by atoms with Crippen molar-refractivity contribution in [1.82, 2.24) is 10.2 Å². The van der Waals surface area contributed by atoms with E-state index in [0.717, 1.165) is 25.7 Å². The van der Waals surface area contributed by atoms with Crippen molar-refractivity contribution in [2.45, 2.75) is 56.2 Å². The van der Waals surface area contributed by atoms with E-state index < -0.39 is 29.7 Å². The molecule has 2 fully saturated rings. The Labute approximate surface area is 193 Å². The summed E-state index contributed by atoms with van der Waals surface area (Å²) in [6.45, 7) is 0.317. The molecule has 1 heterocycles. The third kappa shape index (κ3) is 4.89. The van der Waals surface area contributed by atoms with Crippen molar-refractivity contribution in [2.24, 2.45) is 5.92 Å². The van der Waals surface area contributed by atoms with Crippen molar-refractivity contribution < 1.29 is 23.4 Å². The molecule has 1 saturated carbocycles. The van der Waals surface area contributed by atoms with Crippen LogP contribution in [0.1, 0.15) is 43.2 Å². The highest BCUT2D eigenvalue weighted by molar-refractivity contribution is 5.73. The van der Waals surface area contributed by atoms with E-state index >= 15 is 4.39 Å². The Hall–Kier alpha value is -2.51. The SMILES string of the molecule is CN(C)[C@]1(c2ccccc2)CC[C@@H](Cc2c(F)ccc(O[C@@H]3CN[C@H](C(=O)O)C3)c2F)CC1. The van der Waals surface area contributed by atoms with E-state index in [2.05, 4.69) is 48.6 Å². The molecule has 0 amide bonds. The fourth-order valence-electron chi connectivity index (χ4n) is 5.41. The first-order chi connectivity index (χ1) is 15.8. The van der Waals surface area contributed by atoms with Crippen LogP contribution in [0.5, 0.6) is 5.75 Å². The van der Waals surface area contributed by atoms with Gasteiger partial charge in [0, 0.05) is 24.1 Å². The first-order valence-corrected chi connectivity index (χ1v) is 11.6. The number of hydrogen-bond acceptors (Lipinski definition) is 4. The maximum absolute atomic E-state index is 15.2. The van der Waals surface area contributed by atoms with Crippen molar-refractivity contribution >= 4 is 5.97 Å². The van der Waals surface area contributed by atoms with Gasteiger partial charge in [-0.2, -0.15) is 0 Å². The molecule has 5 nitrogen and oxygen atoms in total. The normalized spacial score (nSPS) is 27.6. The Morgan fingerprint density at radius 2 is 1.85 bits per heavy atom. The molecule has 1 aliphatic heterocycles. The van der Waals surface area contributed by atoms with Crippen LogP contribution in [-0.4, -0.2) is 48.8 Å². The predicted molar refractivity (Wildman–Crippen MR) is 122 cm³/mol. The van der Waals surface area contributed by atoms with Gasteiger partial charge in [0.15, 0.2) is 11.6 Å². The topological polar surface area (TPSA) is 61.8 Å². The fraction of sp³-hybridized carbons (Fsp3) is 0.500. The highest BCUT2D eigenvalue weighted by Gasteiger charge is 2.39. The molecule has 1 saturated heterocycles. The number of carbonyl (C=O) groups is 1. The molecule has 2 aliphatic rings. The number of rotatable bonds is 7. The summed E-state index contributed by atoms with van der Waals surface area (Å²) in [6, 6.07) is 12.3. The van der Waals surface area contributed by atoms with Crippen molar-refractivity contribution in [2.75, 3.05) is 20.6 Å². The first-order valence-electron chi connectivity index (χ1n) is 11.6. The van der Waals surface area contributed by atoms with Crippen LogP contribution in [0, 0.1) is 17.6 Å². The van der Waals surface area contributed by atoms with Crippen LogP contribution in [0.2, 0.25) is 0 Å². The molecule has 178 valence electrons. The first kappa shape index (κ1) is 23.6. The average molecular weight is 459 g/mol. The van der Waals surface area contributed by atoms with Gasteiger partial charge in [-0.25, -0.2) is 8.78 Å². The van der Waals surface area contributed by atoms with E-state index in [1.54, 1.807) is 0 Å². The lowest BCUT2D eigenvalue weighted by Gasteiger charge is -2.45. The number of nitrogens with one attached hydrogen (secondary N) is 1. The second-order valence-electron chi connectivity index (χ2n) is 9.55. The van der Waals surface area contributed by atoms with Crippen LogP contribution < -0.4 is 10.1 Å². The molecule has 2 N–H and O–H groups in total. The lowest BCUT2D eigenvalue weighted by Crippen LogP contribution is -2.44. The number of nitrogens with zero attached hydrogens (tertiary/aromatic N) is 1. The molecular weight excluding hydrogens is 426 g/mol. The van der Waals surface area contributed by atoms with Crippen molar-refractivity contribution in [3.63, 3.8) is 0 Å². The molecule has 0 radical (unpaired) electrons. The molecule has 0 bridgehead atoms. The summed E-state index contributed by atoms with van der Waals surface area (Å²) in [5.74, 6) is -2.00. The lowest BCUT2D eigenvalue weighted by molar-refractivity contribution is -0.139. The standard InChI is InChI=1S/C26H32F2N2O3/c1-30(2)26(18-6-4-3-5-7-18)12-10-17(11-13-26)14-20-21(27)8-9-23(24(20)28)33-19-15-22(25(31)32)29-16-19/h3-9,17,19,22,29H,10-16H2,1-2H3,(H,31,32)/t17-,19-,22-,26-/m0/s1. The van der Waals surface area contributed by atoms with Gasteiger partial charge in [-0.15, -0.1) is 0 Å². The van der Waals surface area contributed by atoms with Gasteiger partial charge in [0.05, 0.1) is 0 Å². The lowest BCUT2D eigenvalue weighted by atomic mass is 9.70. The van der Waals surface area contributed by atoms with Crippen LogP contribution in [0.4, 0.5) is 8.78 Å². The number of benzene rings is 2. The van der Waals surface area contributed by atoms with Crippen LogP contribution in [0.3, 0.4) is 0 Å². The molecule has 33 heavy (non-hydrogen) atoms. The van der Waals surface area contributed by atoms with Gasteiger partial charge in [0.1, 0.15) is 18.0 Å². The summed E-state index contributed by atoms with van der Waals surface area (Å²) in [5, 5.41) is 12.0. The highest BCUT2D eigenvalue weighted by atomic mass is 19.1. The maximum Gasteiger partial charge on any atom is 0.320 e. The molecule has 2 atom stereocenters. The quantitative estimate of drug-likeness (QED) is 0.646. The monoisotopic (exact) mass is 458 g/mol. The molecule has 2 aromatic carbocycles. The summed E-state index contributed by atoms with van der Waals surface area (Å²) in [4.78, 5) is 13.4. The Bertz CT molecular complexity index is 975. The Balaban J connectivity index is 1.44. The molecule has 4 rings (SSSR count). The number of ether oxygens (including phenoxy) is 1. The summed E-state index contributed by atoms with van der Waals surface area (Å²) < 4.78 is 35.6. The zero-order chi connectivity index (χ0) is 23.6. The van der Waals surface area contributed by atoms with Crippen LogP contribution in [0.25, 0.3) is 0 Å². The Morgan fingerprint density at radius 1 is 1.15 bits per heavy atom. The summed E-state index contributed by atoms with van der Waals surface area (Å²) >= 11 is 0. The Kier molecular flexibility index (Phi) is 7.00. The van der Waals surface area contributed by atoms with E-state index in [-0.39, 0.29) is 29.2 Å². The van der Waals surface area contributed by atoms with Gasteiger partial charge in [-0.3, -0.25) is 9.69 Å². The van der Waals surface area contributed by atoms with Gasteiger partial charge in [-0.05, 0) is 69.8 Å². The minimum Gasteiger partial charge on any atom is -0.486 e. The zero-order valence-electron chi connectivity index (χ0n) is 19.2. The molecule has 0 unspecified atom stereocenters. The van der Waals surface area contributed by atoms with Crippen LogP contribution in [0.15, 0.2) is 42.5 Å². The van der Waals surface area contributed by atoms with E-state index in [0.29, 0.717) is 13.0 Å². The second-order valence-corrected chi connectivity index (χ2v) is 9.55. The van der Waals surface area contributed by atoms with E-state index in [4.69, 9.17) is 9.84 Å². The average Bonchev–Trinajstić information content (AvgIpc) is 3.28. The minimum atomic E-state index is -0.956. The third-order valence-electron chi connectivity index (χ3n) is 7.43. The molecule has 0 spiro atoms. The molecule has 1 aliphatic carbocycles. The zero-order valence-corrected chi connectivity index (χ0v) is 19.2. The summed E-state index contributed by atoms with van der Waals surface area (Å²) in [7, 11) is 4.19. The minimum absolute atomic E-state index is 0.00743. The number of carboxylic acids is 1. The van der Waals surface area contributed by atoms with Crippen molar-refractivity contribution in [3.8, 4) is 5.75 Å². The second kappa shape index (κ2) is 9.77. The predicted octanol–water partition coefficient (Wildman–Crippen LogP) is 4.35. The number of aliphatic carboxylic acids is 1. The van der Waals surface area contributed by atoms with Crippen molar-refractivity contribution in [3.05, 3.63) is 65.2 Å². The molecule has 7 heteroatoms.